The molecule has 138 valence electrons. The number of nitrogens with one attached hydrogen (secondary N) is 1. The molecule has 3 aliphatic heterocycles. The molecule has 7 nitrogen and oxygen atoms in total. The second-order valence-electron chi connectivity index (χ2n) is 6.94. The molecule has 1 N–H and O–H groups in total. The SMILES string of the molecule is Fc1cnc(NC2CCOC3(CCOCC3)C2)nc1N1CCOCC1. The summed E-state index contributed by atoms with van der Waals surface area (Å²) < 4.78 is 31.0. The minimum atomic E-state index is -0.389. The first-order chi connectivity index (χ1) is 12.2. The van der Waals surface area contributed by atoms with Crippen molar-refractivity contribution in [1.82, 2.24) is 9.97 Å². The van der Waals surface area contributed by atoms with E-state index in [1.54, 1.807) is 0 Å². The van der Waals surface area contributed by atoms with Gasteiger partial charge in [0.15, 0.2) is 11.6 Å². The van der Waals surface area contributed by atoms with Gasteiger partial charge in [-0.2, -0.15) is 4.98 Å². The van der Waals surface area contributed by atoms with E-state index in [0.29, 0.717) is 38.1 Å². The Balaban J connectivity index is 1.45. The summed E-state index contributed by atoms with van der Waals surface area (Å²) >= 11 is 0. The molecule has 4 rings (SSSR count). The van der Waals surface area contributed by atoms with Gasteiger partial charge in [0, 0.05) is 39.0 Å². The van der Waals surface area contributed by atoms with Crippen molar-refractivity contribution in [1.29, 1.82) is 0 Å². The number of aromatic nitrogens is 2. The molecule has 0 bridgehead atoms. The van der Waals surface area contributed by atoms with Crippen molar-refractivity contribution in [2.24, 2.45) is 0 Å². The van der Waals surface area contributed by atoms with Gasteiger partial charge < -0.3 is 24.4 Å². The van der Waals surface area contributed by atoms with Crippen LogP contribution in [0.2, 0.25) is 0 Å². The maximum absolute atomic E-state index is 14.1. The van der Waals surface area contributed by atoms with Crippen LogP contribution in [0.25, 0.3) is 0 Å². The number of nitrogens with zero attached hydrogens (tertiary/aromatic N) is 3. The molecule has 4 heterocycles. The van der Waals surface area contributed by atoms with E-state index >= 15 is 0 Å². The predicted octanol–water partition coefficient (Wildman–Crippen LogP) is 1.59. The van der Waals surface area contributed by atoms with Crippen molar-refractivity contribution in [2.45, 2.75) is 37.3 Å². The van der Waals surface area contributed by atoms with Gasteiger partial charge in [0.1, 0.15) is 0 Å². The summed E-state index contributed by atoms with van der Waals surface area (Å²) in [6, 6.07) is 0.231. The molecule has 3 saturated heterocycles. The fourth-order valence-electron chi connectivity index (χ4n) is 3.85. The molecule has 0 aromatic carbocycles. The highest BCUT2D eigenvalue weighted by molar-refractivity contribution is 5.44. The zero-order chi connectivity index (χ0) is 17.1. The fourth-order valence-corrected chi connectivity index (χ4v) is 3.85. The third kappa shape index (κ3) is 3.86. The zero-order valence-electron chi connectivity index (χ0n) is 14.4. The van der Waals surface area contributed by atoms with Gasteiger partial charge in [-0.15, -0.1) is 0 Å². The Morgan fingerprint density at radius 2 is 1.88 bits per heavy atom. The van der Waals surface area contributed by atoms with Crippen LogP contribution in [0, 0.1) is 5.82 Å². The van der Waals surface area contributed by atoms with E-state index in [1.165, 1.54) is 6.20 Å². The standard InChI is InChI=1S/C17H25FN4O3/c18-14-12-19-16(21-15(14)22-4-9-24-10-5-22)20-13-1-6-25-17(11-13)2-7-23-8-3-17/h12-13H,1-11H2,(H,19,20,21). The molecular weight excluding hydrogens is 327 g/mol. The molecule has 3 aliphatic rings. The summed E-state index contributed by atoms with van der Waals surface area (Å²) in [5.41, 5.74) is -0.0960. The van der Waals surface area contributed by atoms with E-state index in [2.05, 4.69) is 15.3 Å². The molecule has 1 spiro atoms. The number of rotatable bonds is 3. The third-order valence-corrected chi connectivity index (χ3v) is 5.27. The lowest BCUT2D eigenvalue weighted by Gasteiger charge is -2.43. The van der Waals surface area contributed by atoms with E-state index < -0.39 is 0 Å². The summed E-state index contributed by atoms with van der Waals surface area (Å²) in [5.74, 6) is 0.450. The summed E-state index contributed by atoms with van der Waals surface area (Å²) in [7, 11) is 0. The van der Waals surface area contributed by atoms with Crippen LogP contribution in [0.1, 0.15) is 25.7 Å². The Morgan fingerprint density at radius 1 is 1.12 bits per heavy atom. The minimum Gasteiger partial charge on any atom is -0.381 e. The maximum Gasteiger partial charge on any atom is 0.225 e. The monoisotopic (exact) mass is 352 g/mol. The van der Waals surface area contributed by atoms with Gasteiger partial charge in [-0.1, -0.05) is 0 Å². The molecule has 0 radical (unpaired) electrons. The van der Waals surface area contributed by atoms with Crippen LogP contribution >= 0.6 is 0 Å². The normalized spacial score (nSPS) is 26.6. The van der Waals surface area contributed by atoms with Crippen molar-refractivity contribution in [3.63, 3.8) is 0 Å². The molecule has 3 fully saturated rings. The first-order valence-electron chi connectivity index (χ1n) is 9.08. The molecular formula is C17H25FN4O3. The molecule has 0 amide bonds. The lowest BCUT2D eigenvalue weighted by molar-refractivity contribution is -0.135. The second kappa shape index (κ2) is 7.39. The third-order valence-electron chi connectivity index (χ3n) is 5.27. The van der Waals surface area contributed by atoms with Gasteiger partial charge >= 0.3 is 0 Å². The van der Waals surface area contributed by atoms with E-state index in [0.717, 1.165) is 45.5 Å². The van der Waals surface area contributed by atoms with Crippen LogP contribution < -0.4 is 10.2 Å². The van der Waals surface area contributed by atoms with Crippen molar-refractivity contribution in [3.8, 4) is 0 Å². The Hall–Kier alpha value is -1.51. The topological polar surface area (TPSA) is 68.7 Å². The van der Waals surface area contributed by atoms with Crippen LogP contribution in [-0.2, 0) is 14.2 Å². The smallest absolute Gasteiger partial charge is 0.225 e. The fraction of sp³-hybridized carbons (Fsp3) is 0.765. The summed E-state index contributed by atoms with van der Waals surface area (Å²) in [6.45, 7) is 4.70. The summed E-state index contributed by atoms with van der Waals surface area (Å²) in [6.07, 6.45) is 4.91. The number of hydrogen-bond acceptors (Lipinski definition) is 7. The molecule has 25 heavy (non-hydrogen) atoms. The lowest BCUT2D eigenvalue weighted by atomic mass is 9.84. The highest BCUT2D eigenvalue weighted by Crippen LogP contribution is 2.35. The average molecular weight is 352 g/mol. The maximum atomic E-state index is 14.1. The van der Waals surface area contributed by atoms with E-state index in [-0.39, 0.29) is 17.5 Å². The second-order valence-corrected chi connectivity index (χ2v) is 6.94. The van der Waals surface area contributed by atoms with Crippen LogP contribution in [0.5, 0.6) is 0 Å². The molecule has 1 aromatic rings. The Morgan fingerprint density at radius 3 is 2.68 bits per heavy atom. The van der Waals surface area contributed by atoms with Crippen LogP contribution in [-0.4, -0.2) is 67.7 Å². The molecule has 0 aliphatic carbocycles. The highest BCUT2D eigenvalue weighted by Gasteiger charge is 2.39. The molecule has 8 heteroatoms. The van der Waals surface area contributed by atoms with Crippen LogP contribution in [0.3, 0.4) is 0 Å². The zero-order valence-corrected chi connectivity index (χ0v) is 14.4. The van der Waals surface area contributed by atoms with Crippen molar-refractivity contribution >= 4 is 11.8 Å². The average Bonchev–Trinajstić information content (AvgIpc) is 2.65. The first kappa shape index (κ1) is 16.9. The number of morpholine rings is 1. The molecule has 1 atom stereocenters. The van der Waals surface area contributed by atoms with E-state index in [4.69, 9.17) is 14.2 Å². The van der Waals surface area contributed by atoms with Crippen LogP contribution in [0.15, 0.2) is 6.20 Å². The van der Waals surface area contributed by atoms with Crippen LogP contribution in [0.4, 0.5) is 16.2 Å². The Labute approximate surface area is 146 Å². The minimum absolute atomic E-state index is 0.0960. The van der Waals surface area contributed by atoms with Crippen molar-refractivity contribution in [3.05, 3.63) is 12.0 Å². The van der Waals surface area contributed by atoms with E-state index in [1.807, 2.05) is 4.90 Å². The van der Waals surface area contributed by atoms with Crippen molar-refractivity contribution < 1.29 is 18.6 Å². The Kier molecular flexibility index (Phi) is 5.00. The number of ether oxygens (including phenoxy) is 3. The van der Waals surface area contributed by atoms with Gasteiger partial charge in [-0.25, -0.2) is 9.37 Å². The quantitative estimate of drug-likeness (QED) is 0.886. The number of hydrogen-bond donors (Lipinski definition) is 1. The van der Waals surface area contributed by atoms with Gasteiger partial charge in [-0.05, 0) is 25.7 Å². The highest BCUT2D eigenvalue weighted by atomic mass is 19.1. The lowest BCUT2D eigenvalue weighted by Crippen LogP contribution is -2.48. The molecule has 1 unspecified atom stereocenters. The number of anilines is 2. The van der Waals surface area contributed by atoms with Gasteiger partial charge in [-0.3, -0.25) is 0 Å². The first-order valence-corrected chi connectivity index (χ1v) is 9.08. The van der Waals surface area contributed by atoms with Gasteiger partial charge in [0.05, 0.1) is 25.0 Å². The summed E-state index contributed by atoms with van der Waals surface area (Å²) in [4.78, 5) is 10.5. The van der Waals surface area contributed by atoms with Crippen molar-refractivity contribution in [2.75, 3.05) is 56.3 Å². The largest absolute Gasteiger partial charge is 0.381 e. The molecule has 0 saturated carbocycles. The summed E-state index contributed by atoms with van der Waals surface area (Å²) in [5, 5.41) is 3.39. The molecule has 1 aromatic heterocycles. The predicted molar refractivity (Wildman–Crippen MR) is 90.4 cm³/mol. The van der Waals surface area contributed by atoms with Gasteiger partial charge in [0.25, 0.3) is 0 Å². The Bertz CT molecular complexity index is 586. The van der Waals surface area contributed by atoms with Gasteiger partial charge in [0.2, 0.25) is 5.95 Å². The van der Waals surface area contributed by atoms with E-state index in [9.17, 15) is 4.39 Å². The number of halogens is 1.